The molecule has 132 valence electrons. The fourth-order valence-corrected chi connectivity index (χ4v) is 2.52. The monoisotopic (exact) mass is 359 g/mol. The summed E-state index contributed by atoms with van der Waals surface area (Å²) in [6.45, 7) is 0.131. The van der Waals surface area contributed by atoms with E-state index >= 15 is 0 Å². The normalized spacial score (nSPS) is 11.8. The van der Waals surface area contributed by atoms with Gasteiger partial charge in [0.1, 0.15) is 0 Å². The van der Waals surface area contributed by atoms with E-state index in [1.54, 1.807) is 12.3 Å². The number of halogens is 3. The summed E-state index contributed by atoms with van der Waals surface area (Å²) in [5.74, 6) is 0.305. The number of H-pyrrole nitrogens is 1. The summed E-state index contributed by atoms with van der Waals surface area (Å²) in [6, 6.07) is 10.7. The van der Waals surface area contributed by atoms with Gasteiger partial charge in [-0.2, -0.15) is 18.3 Å². The molecule has 0 amide bonds. The Bertz CT molecular complexity index is 1050. The number of anilines is 1. The predicted octanol–water partition coefficient (Wildman–Crippen LogP) is 4.24. The average Bonchev–Trinajstić information content (AvgIpc) is 3.28. The van der Waals surface area contributed by atoms with E-state index in [4.69, 9.17) is 4.42 Å². The lowest BCUT2D eigenvalue weighted by Gasteiger charge is -2.08. The number of benzene rings is 2. The van der Waals surface area contributed by atoms with E-state index in [0.29, 0.717) is 11.5 Å². The molecule has 0 saturated carbocycles. The van der Waals surface area contributed by atoms with Gasteiger partial charge >= 0.3 is 12.2 Å². The third-order valence-corrected chi connectivity index (χ3v) is 3.81. The molecule has 2 N–H and O–H groups in total. The number of aromatic amines is 1. The van der Waals surface area contributed by atoms with Crippen molar-refractivity contribution in [3.8, 4) is 11.5 Å². The van der Waals surface area contributed by atoms with E-state index in [1.165, 1.54) is 6.07 Å². The van der Waals surface area contributed by atoms with Gasteiger partial charge in [-0.25, -0.2) is 0 Å². The lowest BCUT2D eigenvalue weighted by molar-refractivity contribution is -0.137. The lowest BCUT2D eigenvalue weighted by atomic mass is 10.1. The van der Waals surface area contributed by atoms with Crippen molar-refractivity contribution in [1.29, 1.82) is 0 Å². The molecule has 2 aromatic heterocycles. The topological polar surface area (TPSA) is 79.6 Å². The zero-order valence-corrected chi connectivity index (χ0v) is 13.2. The second-order valence-electron chi connectivity index (χ2n) is 5.64. The van der Waals surface area contributed by atoms with E-state index in [1.807, 2.05) is 18.2 Å². The van der Waals surface area contributed by atoms with Crippen molar-refractivity contribution in [3.63, 3.8) is 0 Å². The standard InChI is InChI=1S/C17H12F3N5O/c18-17(19,20)13-3-1-2-10(6-13)8-21-16-25-24-15(26-16)11-4-5-14-12(7-11)9-22-23-14/h1-7,9H,8H2,(H,21,25)(H,22,23). The largest absolute Gasteiger partial charge is 0.416 e. The van der Waals surface area contributed by atoms with Gasteiger partial charge in [-0.15, -0.1) is 5.10 Å². The van der Waals surface area contributed by atoms with Crippen molar-refractivity contribution in [3.05, 3.63) is 59.8 Å². The number of hydrogen-bond acceptors (Lipinski definition) is 5. The van der Waals surface area contributed by atoms with Crippen LogP contribution in [0.5, 0.6) is 0 Å². The first-order chi connectivity index (χ1) is 12.5. The summed E-state index contributed by atoms with van der Waals surface area (Å²) >= 11 is 0. The Kier molecular flexibility index (Phi) is 3.83. The van der Waals surface area contributed by atoms with Crippen molar-refractivity contribution < 1.29 is 17.6 Å². The Hall–Kier alpha value is -3.36. The number of nitrogens with one attached hydrogen (secondary N) is 2. The molecule has 0 unspecified atom stereocenters. The predicted molar refractivity (Wildman–Crippen MR) is 88.2 cm³/mol. The Balaban J connectivity index is 1.48. The molecule has 26 heavy (non-hydrogen) atoms. The van der Waals surface area contributed by atoms with Crippen LogP contribution in [0.15, 0.2) is 53.1 Å². The van der Waals surface area contributed by atoms with E-state index in [0.717, 1.165) is 28.6 Å². The smallest absolute Gasteiger partial charge is 0.403 e. The maximum absolute atomic E-state index is 12.7. The molecule has 9 heteroatoms. The molecular weight excluding hydrogens is 347 g/mol. The van der Waals surface area contributed by atoms with Gasteiger partial charge in [-0.05, 0) is 35.9 Å². The quantitative estimate of drug-likeness (QED) is 0.570. The van der Waals surface area contributed by atoms with Crippen LogP contribution in [-0.4, -0.2) is 20.4 Å². The zero-order valence-electron chi connectivity index (χ0n) is 13.2. The Morgan fingerprint density at radius 1 is 1.08 bits per heavy atom. The lowest BCUT2D eigenvalue weighted by Crippen LogP contribution is -2.06. The fourth-order valence-electron chi connectivity index (χ4n) is 2.52. The second kappa shape index (κ2) is 6.17. The first kappa shape index (κ1) is 16.1. The van der Waals surface area contributed by atoms with Crippen LogP contribution >= 0.6 is 0 Å². The SMILES string of the molecule is FC(F)(F)c1cccc(CNc2nnc(-c3ccc4[nH]ncc4c3)o2)c1. The minimum absolute atomic E-state index is 0.129. The molecule has 2 aromatic carbocycles. The molecule has 0 saturated heterocycles. The Morgan fingerprint density at radius 3 is 2.81 bits per heavy atom. The average molecular weight is 359 g/mol. The van der Waals surface area contributed by atoms with Gasteiger partial charge in [0.25, 0.3) is 0 Å². The number of nitrogens with zero attached hydrogens (tertiary/aromatic N) is 3. The summed E-state index contributed by atoms with van der Waals surface area (Å²) in [7, 11) is 0. The molecule has 0 spiro atoms. The molecule has 0 aliphatic carbocycles. The van der Waals surface area contributed by atoms with Crippen LogP contribution in [0.1, 0.15) is 11.1 Å². The van der Waals surface area contributed by atoms with Gasteiger partial charge in [0.2, 0.25) is 5.89 Å². The van der Waals surface area contributed by atoms with Crippen LogP contribution < -0.4 is 5.32 Å². The molecule has 0 aliphatic rings. The molecule has 4 rings (SSSR count). The molecule has 6 nitrogen and oxygen atoms in total. The molecule has 4 aromatic rings. The van der Waals surface area contributed by atoms with Gasteiger partial charge in [0.15, 0.2) is 0 Å². The maximum Gasteiger partial charge on any atom is 0.416 e. The molecule has 2 heterocycles. The first-order valence-electron chi connectivity index (χ1n) is 7.66. The van der Waals surface area contributed by atoms with Crippen LogP contribution in [-0.2, 0) is 12.7 Å². The molecule has 0 atom stereocenters. The molecule has 0 radical (unpaired) electrons. The van der Waals surface area contributed by atoms with Crippen molar-refractivity contribution >= 4 is 16.9 Å². The molecule has 0 bridgehead atoms. The Morgan fingerprint density at radius 2 is 1.96 bits per heavy atom. The minimum atomic E-state index is -4.38. The number of fused-ring (bicyclic) bond motifs is 1. The highest BCUT2D eigenvalue weighted by Gasteiger charge is 2.30. The number of hydrogen-bond donors (Lipinski definition) is 2. The number of alkyl halides is 3. The van der Waals surface area contributed by atoms with Crippen LogP contribution in [0, 0.1) is 0 Å². The van der Waals surface area contributed by atoms with Gasteiger partial charge < -0.3 is 9.73 Å². The number of rotatable bonds is 4. The van der Waals surface area contributed by atoms with Crippen molar-refractivity contribution in [1.82, 2.24) is 20.4 Å². The van der Waals surface area contributed by atoms with Gasteiger partial charge in [-0.3, -0.25) is 5.10 Å². The van der Waals surface area contributed by atoms with E-state index in [2.05, 4.69) is 25.7 Å². The van der Waals surface area contributed by atoms with Gasteiger partial charge in [0, 0.05) is 17.5 Å². The van der Waals surface area contributed by atoms with Crippen LogP contribution in [0.4, 0.5) is 19.2 Å². The molecule has 0 aliphatic heterocycles. The van der Waals surface area contributed by atoms with Gasteiger partial charge in [-0.1, -0.05) is 17.2 Å². The fraction of sp³-hybridized carbons (Fsp3) is 0.118. The zero-order chi connectivity index (χ0) is 18.1. The van der Waals surface area contributed by atoms with Gasteiger partial charge in [0.05, 0.1) is 17.3 Å². The highest BCUT2D eigenvalue weighted by Crippen LogP contribution is 2.30. The third-order valence-electron chi connectivity index (χ3n) is 3.81. The third kappa shape index (κ3) is 3.23. The molecule has 0 fully saturated rings. The Labute approximate surface area is 145 Å². The summed E-state index contributed by atoms with van der Waals surface area (Å²) in [6.07, 6.45) is -2.69. The summed E-state index contributed by atoms with van der Waals surface area (Å²) in [5, 5.41) is 18.4. The van der Waals surface area contributed by atoms with Crippen LogP contribution in [0.2, 0.25) is 0 Å². The highest BCUT2D eigenvalue weighted by molar-refractivity contribution is 5.82. The van der Waals surface area contributed by atoms with Crippen molar-refractivity contribution in [2.45, 2.75) is 12.7 Å². The summed E-state index contributed by atoms with van der Waals surface area (Å²) < 4.78 is 43.8. The second-order valence-corrected chi connectivity index (χ2v) is 5.64. The highest BCUT2D eigenvalue weighted by atomic mass is 19.4. The van der Waals surface area contributed by atoms with Crippen LogP contribution in [0.25, 0.3) is 22.4 Å². The van der Waals surface area contributed by atoms with Crippen molar-refractivity contribution in [2.75, 3.05) is 5.32 Å². The summed E-state index contributed by atoms with van der Waals surface area (Å²) in [5.41, 5.74) is 1.37. The van der Waals surface area contributed by atoms with E-state index < -0.39 is 11.7 Å². The van der Waals surface area contributed by atoms with E-state index in [9.17, 15) is 13.2 Å². The maximum atomic E-state index is 12.7. The van der Waals surface area contributed by atoms with E-state index in [-0.39, 0.29) is 12.6 Å². The van der Waals surface area contributed by atoms with Crippen LogP contribution in [0.3, 0.4) is 0 Å². The van der Waals surface area contributed by atoms with Crippen molar-refractivity contribution in [2.24, 2.45) is 0 Å². The summed E-state index contributed by atoms with van der Waals surface area (Å²) in [4.78, 5) is 0. The first-order valence-corrected chi connectivity index (χ1v) is 7.66. The number of aromatic nitrogens is 4. The molecular formula is C17H12F3N5O. The minimum Gasteiger partial charge on any atom is -0.403 e.